The van der Waals surface area contributed by atoms with E-state index in [0.717, 1.165) is 32.5 Å². The van der Waals surface area contributed by atoms with Gasteiger partial charge < -0.3 is 15.8 Å². The first kappa shape index (κ1) is 13.4. The zero-order valence-electron chi connectivity index (χ0n) is 11.5. The van der Waals surface area contributed by atoms with Gasteiger partial charge in [0.15, 0.2) is 0 Å². The number of nitrogen functional groups attached to an aromatic ring is 1. The van der Waals surface area contributed by atoms with Crippen molar-refractivity contribution in [2.75, 3.05) is 32.0 Å². The molecule has 1 atom stereocenters. The zero-order valence-corrected chi connectivity index (χ0v) is 11.5. The van der Waals surface area contributed by atoms with Crippen LogP contribution in [0.15, 0.2) is 12.4 Å². The molecule has 3 rings (SSSR count). The van der Waals surface area contributed by atoms with Gasteiger partial charge in [0.25, 0.3) is 0 Å². The molecule has 1 saturated heterocycles. The topological polar surface area (TPSA) is 85.4 Å². The zero-order chi connectivity index (χ0) is 13.9. The summed E-state index contributed by atoms with van der Waals surface area (Å²) in [5.74, 6) is 0.0900. The van der Waals surface area contributed by atoms with E-state index in [1.54, 1.807) is 17.1 Å². The number of rotatable bonds is 5. The van der Waals surface area contributed by atoms with Crippen LogP contribution < -0.4 is 11.1 Å². The molecule has 1 aromatic rings. The van der Waals surface area contributed by atoms with Gasteiger partial charge in [0.1, 0.15) is 6.04 Å². The summed E-state index contributed by atoms with van der Waals surface area (Å²) in [6.45, 7) is 3.42. The highest BCUT2D eigenvalue weighted by Crippen LogP contribution is 2.19. The van der Waals surface area contributed by atoms with E-state index in [4.69, 9.17) is 10.5 Å². The lowest BCUT2D eigenvalue weighted by atomic mass is 10.2. The SMILES string of the molecule is Nc1cnn(CCN2CCOCC2C(=O)NC2CC2)c1. The van der Waals surface area contributed by atoms with Crippen LogP contribution in [0.1, 0.15) is 12.8 Å². The molecule has 2 aliphatic rings. The molecule has 7 heteroatoms. The summed E-state index contributed by atoms with van der Waals surface area (Å²) in [6, 6.07) is 0.203. The van der Waals surface area contributed by atoms with Gasteiger partial charge in [0.2, 0.25) is 5.91 Å². The lowest BCUT2D eigenvalue weighted by Gasteiger charge is -2.34. The Bertz CT molecular complexity index is 471. The smallest absolute Gasteiger partial charge is 0.239 e. The molecule has 20 heavy (non-hydrogen) atoms. The average Bonchev–Trinajstić information content (AvgIpc) is 3.17. The van der Waals surface area contributed by atoms with Gasteiger partial charge in [0, 0.05) is 25.3 Å². The normalized spacial score (nSPS) is 23.7. The molecule has 2 heterocycles. The van der Waals surface area contributed by atoms with Crippen molar-refractivity contribution >= 4 is 11.6 Å². The maximum Gasteiger partial charge on any atom is 0.239 e. The monoisotopic (exact) mass is 279 g/mol. The van der Waals surface area contributed by atoms with Crippen molar-refractivity contribution < 1.29 is 9.53 Å². The molecule has 0 radical (unpaired) electrons. The van der Waals surface area contributed by atoms with E-state index in [9.17, 15) is 4.79 Å². The third-order valence-corrected chi connectivity index (χ3v) is 3.74. The molecule has 1 aliphatic carbocycles. The molecule has 110 valence electrons. The summed E-state index contributed by atoms with van der Waals surface area (Å²) >= 11 is 0. The highest BCUT2D eigenvalue weighted by molar-refractivity contribution is 5.82. The molecular weight excluding hydrogens is 258 g/mol. The molecule has 1 aromatic heterocycles. The van der Waals surface area contributed by atoms with Crippen molar-refractivity contribution in [3.63, 3.8) is 0 Å². The third-order valence-electron chi connectivity index (χ3n) is 3.74. The highest BCUT2D eigenvalue weighted by Gasteiger charge is 2.32. The number of morpholine rings is 1. The highest BCUT2D eigenvalue weighted by atomic mass is 16.5. The maximum atomic E-state index is 12.2. The summed E-state index contributed by atoms with van der Waals surface area (Å²) in [6.07, 6.45) is 5.65. The van der Waals surface area contributed by atoms with Gasteiger partial charge in [-0.2, -0.15) is 5.10 Å². The standard InChI is InChI=1S/C13H21N5O2/c14-10-7-15-18(8-10)4-3-17-5-6-20-9-12(17)13(19)16-11-1-2-11/h7-8,11-12H,1-6,9,14H2,(H,16,19). The van der Waals surface area contributed by atoms with Crippen LogP contribution in [0.2, 0.25) is 0 Å². The summed E-state index contributed by atoms with van der Waals surface area (Å²) in [5.41, 5.74) is 6.31. The Morgan fingerprint density at radius 1 is 1.50 bits per heavy atom. The fourth-order valence-electron chi connectivity index (χ4n) is 2.40. The number of carbonyl (C=O) groups excluding carboxylic acids is 1. The predicted molar refractivity (Wildman–Crippen MR) is 74.0 cm³/mol. The van der Waals surface area contributed by atoms with Crippen LogP contribution in [0.5, 0.6) is 0 Å². The Hall–Kier alpha value is -1.60. The molecule has 7 nitrogen and oxygen atoms in total. The maximum absolute atomic E-state index is 12.2. The van der Waals surface area contributed by atoms with E-state index in [2.05, 4.69) is 15.3 Å². The minimum Gasteiger partial charge on any atom is -0.396 e. The number of anilines is 1. The lowest BCUT2D eigenvalue weighted by Crippen LogP contribution is -2.54. The molecule has 1 amide bonds. The van der Waals surface area contributed by atoms with Gasteiger partial charge in [-0.25, -0.2) is 0 Å². The first-order valence-electron chi connectivity index (χ1n) is 7.12. The fraction of sp³-hybridized carbons (Fsp3) is 0.692. The number of nitrogens with zero attached hydrogens (tertiary/aromatic N) is 3. The van der Waals surface area contributed by atoms with E-state index in [-0.39, 0.29) is 11.9 Å². The molecule has 3 N–H and O–H groups in total. The van der Waals surface area contributed by atoms with Crippen LogP contribution in [-0.4, -0.2) is 59.0 Å². The van der Waals surface area contributed by atoms with Crippen molar-refractivity contribution in [1.82, 2.24) is 20.0 Å². The minimum atomic E-state index is -0.183. The van der Waals surface area contributed by atoms with Gasteiger partial charge in [-0.1, -0.05) is 0 Å². The van der Waals surface area contributed by atoms with Crippen molar-refractivity contribution in [2.45, 2.75) is 31.5 Å². The average molecular weight is 279 g/mol. The number of aromatic nitrogens is 2. The Morgan fingerprint density at radius 2 is 2.35 bits per heavy atom. The number of amides is 1. The summed E-state index contributed by atoms with van der Waals surface area (Å²) in [4.78, 5) is 14.4. The second kappa shape index (κ2) is 5.80. The predicted octanol–water partition coefficient (Wildman–Crippen LogP) is -0.555. The Balaban J connectivity index is 1.55. The van der Waals surface area contributed by atoms with Crippen LogP contribution in [-0.2, 0) is 16.1 Å². The first-order chi connectivity index (χ1) is 9.72. The van der Waals surface area contributed by atoms with E-state index < -0.39 is 0 Å². The van der Waals surface area contributed by atoms with Gasteiger partial charge >= 0.3 is 0 Å². The van der Waals surface area contributed by atoms with Crippen molar-refractivity contribution in [3.8, 4) is 0 Å². The third kappa shape index (κ3) is 3.29. The van der Waals surface area contributed by atoms with Crippen LogP contribution in [0.3, 0.4) is 0 Å². The second-order valence-corrected chi connectivity index (χ2v) is 5.45. The molecule has 0 spiro atoms. The summed E-state index contributed by atoms with van der Waals surface area (Å²) in [5, 5.41) is 7.21. The summed E-state index contributed by atoms with van der Waals surface area (Å²) in [7, 11) is 0. The molecule has 0 aromatic carbocycles. The fourth-order valence-corrected chi connectivity index (χ4v) is 2.40. The van der Waals surface area contributed by atoms with Crippen LogP contribution in [0.4, 0.5) is 5.69 Å². The molecule has 0 bridgehead atoms. The van der Waals surface area contributed by atoms with Crippen LogP contribution >= 0.6 is 0 Å². The lowest BCUT2D eigenvalue weighted by molar-refractivity contribution is -0.132. The Kier molecular flexibility index (Phi) is 3.88. The van der Waals surface area contributed by atoms with E-state index in [1.807, 2.05) is 0 Å². The number of hydrogen-bond donors (Lipinski definition) is 2. The number of hydrogen-bond acceptors (Lipinski definition) is 5. The number of ether oxygens (including phenoxy) is 1. The first-order valence-corrected chi connectivity index (χ1v) is 7.12. The van der Waals surface area contributed by atoms with E-state index in [1.165, 1.54) is 0 Å². The molecular formula is C13H21N5O2. The molecule has 1 saturated carbocycles. The second-order valence-electron chi connectivity index (χ2n) is 5.45. The number of nitrogens with one attached hydrogen (secondary N) is 1. The Labute approximate surface area is 118 Å². The quantitative estimate of drug-likeness (QED) is 0.755. The van der Waals surface area contributed by atoms with Gasteiger partial charge in [-0.05, 0) is 12.8 Å². The number of nitrogens with two attached hydrogens (primary N) is 1. The largest absolute Gasteiger partial charge is 0.396 e. The van der Waals surface area contributed by atoms with Crippen LogP contribution in [0.25, 0.3) is 0 Å². The van der Waals surface area contributed by atoms with E-state index in [0.29, 0.717) is 24.9 Å². The van der Waals surface area contributed by atoms with Gasteiger partial charge in [0.05, 0.1) is 31.6 Å². The van der Waals surface area contributed by atoms with Crippen LogP contribution in [0, 0.1) is 0 Å². The molecule has 2 fully saturated rings. The molecule has 1 aliphatic heterocycles. The van der Waals surface area contributed by atoms with Gasteiger partial charge in [-0.15, -0.1) is 0 Å². The van der Waals surface area contributed by atoms with E-state index >= 15 is 0 Å². The Morgan fingerprint density at radius 3 is 3.05 bits per heavy atom. The van der Waals surface area contributed by atoms with Crippen molar-refractivity contribution in [1.29, 1.82) is 0 Å². The van der Waals surface area contributed by atoms with Crippen molar-refractivity contribution in [3.05, 3.63) is 12.4 Å². The van der Waals surface area contributed by atoms with Gasteiger partial charge in [-0.3, -0.25) is 14.4 Å². The molecule has 1 unspecified atom stereocenters. The minimum absolute atomic E-state index is 0.0900. The summed E-state index contributed by atoms with van der Waals surface area (Å²) < 4.78 is 7.25. The number of carbonyl (C=O) groups is 1. The van der Waals surface area contributed by atoms with Crippen molar-refractivity contribution in [2.24, 2.45) is 0 Å².